The second-order valence-corrected chi connectivity index (χ2v) is 9.35. The fourth-order valence-corrected chi connectivity index (χ4v) is 5.68. The predicted molar refractivity (Wildman–Crippen MR) is 129 cm³/mol. The van der Waals surface area contributed by atoms with Crippen molar-refractivity contribution in [2.75, 3.05) is 0 Å². The first-order chi connectivity index (χ1) is 15.4. The molecule has 0 unspecified atom stereocenters. The Labute approximate surface area is 188 Å². The average Bonchev–Trinajstić information content (AvgIpc) is 3.27. The van der Waals surface area contributed by atoms with Gasteiger partial charge < -0.3 is 0 Å². The molecule has 0 spiro atoms. The summed E-state index contributed by atoms with van der Waals surface area (Å²) in [6, 6.07) is 40.1. The molecule has 5 aromatic rings. The van der Waals surface area contributed by atoms with Crippen molar-refractivity contribution in [2.45, 2.75) is 5.32 Å². The second-order valence-electron chi connectivity index (χ2n) is 7.15. The zero-order chi connectivity index (χ0) is 20.9. The van der Waals surface area contributed by atoms with Crippen LogP contribution >= 0.6 is 0 Å². The Kier molecular flexibility index (Phi) is 5.74. The Bertz CT molecular complexity index is 1310. The summed E-state index contributed by atoms with van der Waals surface area (Å²) in [5.74, 6) is 0. The molecule has 4 aromatic carbocycles. The van der Waals surface area contributed by atoms with Crippen molar-refractivity contribution < 1.29 is 0 Å². The minimum absolute atomic E-state index is 0.294. The van der Waals surface area contributed by atoms with Crippen LogP contribution in [-0.4, -0.2) is 30.0 Å². The van der Waals surface area contributed by atoms with Gasteiger partial charge >= 0.3 is 188 Å². The molecule has 0 aliphatic rings. The molecule has 0 aliphatic carbocycles. The molecule has 1 heterocycles. The number of hydrogen-bond acceptors (Lipinski definition) is 2. The molecule has 1 aromatic heterocycles. The molecule has 0 bridgehead atoms. The standard InChI is InChI=1S/C27H21N3Se/c1-4-12-21(13-5-1)24(20-31-23-16-8-3-9-17-23)27(22-14-6-2-7-15-22)30-26-19-11-10-18-25(26)28-29-30/h1-19H,20H2/b27-24-. The first kappa shape index (κ1) is 19.5. The Morgan fingerprint density at radius 3 is 1.94 bits per heavy atom. The van der Waals surface area contributed by atoms with Crippen molar-refractivity contribution in [3.63, 3.8) is 0 Å². The Morgan fingerprint density at radius 1 is 0.645 bits per heavy atom. The summed E-state index contributed by atoms with van der Waals surface area (Å²) in [5.41, 5.74) is 6.66. The minimum atomic E-state index is 0.294. The molecule has 0 atom stereocenters. The number of hydrogen-bond donors (Lipinski definition) is 0. The molecule has 0 amide bonds. The zero-order valence-corrected chi connectivity index (χ0v) is 18.6. The van der Waals surface area contributed by atoms with Crippen LogP contribution in [0.3, 0.4) is 0 Å². The van der Waals surface area contributed by atoms with E-state index < -0.39 is 0 Å². The van der Waals surface area contributed by atoms with Gasteiger partial charge in [-0.05, 0) is 0 Å². The summed E-state index contributed by atoms with van der Waals surface area (Å²) in [7, 11) is 0. The fraction of sp³-hybridized carbons (Fsp3) is 0.0370. The normalized spacial score (nSPS) is 12.0. The van der Waals surface area contributed by atoms with Crippen LogP contribution < -0.4 is 4.46 Å². The van der Waals surface area contributed by atoms with Crippen molar-refractivity contribution in [3.05, 3.63) is 126 Å². The molecule has 0 radical (unpaired) electrons. The van der Waals surface area contributed by atoms with Crippen molar-refractivity contribution in [3.8, 4) is 0 Å². The molecule has 5 rings (SSSR count). The first-order valence-electron chi connectivity index (χ1n) is 10.2. The third-order valence-corrected chi connectivity index (χ3v) is 7.32. The van der Waals surface area contributed by atoms with Crippen LogP contribution in [0, 0.1) is 0 Å². The summed E-state index contributed by atoms with van der Waals surface area (Å²) < 4.78 is 3.40. The van der Waals surface area contributed by atoms with Gasteiger partial charge in [-0.15, -0.1) is 0 Å². The first-order valence-corrected chi connectivity index (χ1v) is 12.3. The predicted octanol–water partition coefficient (Wildman–Crippen LogP) is 5.30. The van der Waals surface area contributed by atoms with Crippen LogP contribution in [0.25, 0.3) is 22.3 Å². The Hall–Kier alpha value is -3.46. The van der Waals surface area contributed by atoms with E-state index in [4.69, 9.17) is 0 Å². The van der Waals surface area contributed by atoms with Crippen LogP contribution in [0.5, 0.6) is 0 Å². The Morgan fingerprint density at radius 2 is 1.23 bits per heavy atom. The summed E-state index contributed by atoms with van der Waals surface area (Å²) in [6.45, 7) is 0. The van der Waals surface area contributed by atoms with Crippen LogP contribution in [0.2, 0.25) is 5.32 Å². The van der Waals surface area contributed by atoms with Gasteiger partial charge in [0, 0.05) is 0 Å². The molecule has 0 saturated carbocycles. The molecule has 4 heteroatoms. The number of rotatable bonds is 6. The van der Waals surface area contributed by atoms with Gasteiger partial charge in [0.2, 0.25) is 0 Å². The van der Waals surface area contributed by atoms with E-state index in [9.17, 15) is 0 Å². The van der Waals surface area contributed by atoms with E-state index in [1.807, 2.05) is 22.9 Å². The van der Waals surface area contributed by atoms with Gasteiger partial charge in [0.15, 0.2) is 0 Å². The number of para-hydroxylation sites is 1. The zero-order valence-electron chi connectivity index (χ0n) is 16.9. The van der Waals surface area contributed by atoms with Crippen molar-refractivity contribution in [1.82, 2.24) is 15.0 Å². The summed E-state index contributed by atoms with van der Waals surface area (Å²) in [5, 5.41) is 9.99. The number of benzene rings is 4. The van der Waals surface area contributed by atoms with Crippen molar-refractivity contribution in [2.24, 2.45) is 0 Å². The molecule has 150 valence electrons. The molecule has 0 fully saturated rings. The molecule has 3 nitrogen and oxygen atoms in total. The maximum atomic E-state index is 4.59. The van der Waals surface area contributed by atoms with E-state index in [1.54, 1.807) is 0 Å². The van der Waals surface area contributed by atoms with Crippen LogP contribution in [-0.2, 0) is 0 Å². The summed E-state index contributed by atoms with van der Waals surface area (Å²) >= 11 is 0.294. The van der Waals surface area contributed by atoms with Gasteiger partial charge in [-0.3, -0.25) is 0 Å². The second kappa shape index (κ2) is 9.13. The van der Waals surface area contributed by atoms with E-state index in [0.717, 1.165) is 27.6 Å². The molecule has 0 aliphatic heterocycles. The van der Waals surface area contributed by atoms with Gasteiger partial charge in [0.25, 0.3) is 0 Å². The summed E-state index contributed by atoms with van der Waals surface area (Å²) in [6.07, 6.45) is 0. The van der Waals surface area contributed by atoms with E-state index in [2.05, 4.69) is 107 Å². The van der Waals surface area contributed by atoms with E-state index in [1.165, 1.54) is 15.6 Å². The molecular weight excluding hydrogens is 445 g/mol. The van der Waals surface area contributed by atoms with Crippen LogP contribution in [0.4, 0.5) is 0 Å². The quantitative estimate of drug-likeness (QED) is 0.251. The van der Waals surface area contributed by atoms with Gasteiger partial charge in [0.1, 0.15) is 0 Å². The number of aromatic nitrogens is 3. The topological polar surface area (TPSA) is 30.7 Å². The van der Waals surface area contributed by atoms with Gasteiger partial charge in [-0.1, -0.05) is 0 Å². The van der Waals surface area contributed by atoms with Gasteiger partial charge in [-0.25, -0.2) is 0 Å². The SMILES string of the molecule is c1ccc([Se]C/C(=C(\c2ccccc2)n2nnc3ccccc32)c2ccccc2)cc1. The molecule has 0 N–H and O–H groups in total. The number of allylic oxidation sites excluding steroid dienone is 1. The molecular formula is C27H21N3Se. The van der Waals surface area contributed by atoms with Crippen molar-refractivity contribution >= 4 is 41.7 Å². The monoisotopic (exact) mass is 467 g/mol. The van der Waals surface area contributed by atoms with Gasteiger partial charge in [0.05, 0.1) is 0 Å². The third-order valence-electron chi connectivity index (χ3n) is 5.15. The van der Waals surface area contributed by atoms with Crippen LogP contribution in [0.1, 0.15) is 11.1 Å². The average molecular weight is 466 g/mol. The Balaban J connectivity index is 1.74. The molecule has 31 heavy (non-hydrogen) atoms. The maximum absolute atomic E-state index is 4.59. The number of fused-ring (bicyclic) bond motifs is 1. The molecule has 0 saturated heterocycles. The number of nitrogens with zero attached hydrogens (tertiary/aromatic N) is 3. The van der Waals surface area contributed by atoms with Crippen molar-refractivity contribution in [1.29, 1.82) is 0 Å². The van der Waals surface area contributed by atoms with Crippen LogP contribution in [0.15, 0.2) is 115 Å². The van der Waals surface area contributed by atoms with E-state index in [-0.39, 0.29) is 0 Å². The fourth-order valence-electron chi connectivity index (χ4n) is 3.65. The van der Waals surface area contributed by atoms with Gasteiger partial charge in [-0.2, -0.15) is 0 Å². The summed E-state index contributed by atoms with van der Waals surface area (Å²) in [4.78, 5) is 0. The third kappa shape index (κ3) is 4.22. The van der Waals surface area contributed by atoms with E-state index >= 15 is 0 Å². The van der Waals surface area contributed by atoms with E-state index in [0.29, 0.717) is 15.0 Å².